The number of ether oxygens (including phenoxy) is 1. The predicted octanol–water partition coefficient (Wildman–Crippen LogP) is 3.25. The third-order valence-corrected chi connectivity index (χ3v) is 5.55. The van der Waals surface area contributed by atoms with Crippen LogP contribution in [0.15, 0.2) is 72.9 Å². The Hall–Kier alpha value is -3.69. The van der Waals surface area contributed by atoms with Crippen molar-refractivity contribution >= 4 is 5.91 Å². The van der Waals surface area contributed by atoms with Crippen molar-refractivity contribution in [2.45, 2.75) is 18.0 Å². The number of aliphatic hydroxyl groups excluding tert-OH is 1. The van der Waals surface area contributed by atoms with Crippen molar-refractivity contribution in [1.29, 1.82) is 5.26 Å². The smallest absolute Gasteiger partial charge is 0.273 e. The zero-order chi connectivity index (χ0) is 21.1. The third kappa shape index (κ3) is 3.30. The minimum atomic E-state index is -0.691. The molecule has 0 aliphatic carbocycles. The van der Waals surface area contributed by atoms with E-state index in [1.807, 2.05) is 48.5 Å². The molecule has 2 heterocycles. The molecule has 3 aromatic rings. The number of likely N-dealkylation sites (tertiary alicyclic amines) is 1. The fraction of sp³-hybridized carbons (Fsp3) is 0.208. The third-order valence-electron chi connectivity index (χ3n) is 5.55. The highest BCUT2D eigenvalue weighted by Crippen LogP contribution is 2.44. The van der Waals surface area contributed by atoms with Crippen LogP contribution >= 0.6 is 0 Å². The largest absolute Gasteiger partial charge is 0.497 e. The van der Waals surface area contributed by atoms with E-state index in [0.29, 0.717) is 0 Å². The second-order valence-corrected chi connectivity index (χ2v) is 7.10. The molecule has 0 bridgehead atoms. The fourth-order valence-electron chi connectivity index (χ4n) is 4.12. The van der Waals surface area contributed by atoms with Crippen LogP contribution in [0.3, 0.4) is 0 Å². The van der Waals surface area contributed by atoms with Crippen molar-refractivity contribution in [3.63, 3.8) is 0 Å². The molecule has 1 aliphatic heterocycles. The van der Waals surface area contributed by atoms with Gasteiger partial charge in [-0.3, -0.25) is 9.78 Å². The molecule has 0 saturated carbocycles. The second kappa shape index (κ2) is 8.36. The highest BCUT2D eigenvalue weighted by Gasteiger charge is 2.52. The average molecular weight is 399 g/mol. The number of pyridine rings is 1. The van der Waals surface area contributed by atoms with Gasteiger partial charge < -0.3 is 14.7 Å². The van der Waals surface area contributed by atoms with Crippen LogP contribution in [0.5, 0.6) is 5.75 Å². The molecule has 4 rings (SSSR count). The first-order valence-corrected chi connectivity index (χ1v) is 9.67. The quantitative estimate of drug-likeness (QED) is 0.712. The Morgan fingerprint density at radius 1 is 1.17 bits per heavy atom. The van der Waals surface area contributed by atoms with Crippen molar-refractivity contribution in [2.24, 2.45) is 0 Å². The van der Waals surface area contributed by atoms with Gasteiger partial charge in [0, 0.05) is 12.1 Å². The Kier molecular flexibility index (Phi) is 5.46. The molecule has 0 radical (unpaired) electrons. The average Bonchev–Trinajstić information content (AvgIpc) is 2.80. The van der Waals surface area contributed by atoms with Crippen LogP contribution in [-0.4, -0.2) is 46.7 Å². The van der Waals surface area contributed by atoms with E-state index in [4.69, 9.17) is 4.74 Å². The predicted molar refractivity (Wildman–Crippen MR) is 112 cm³/mol. The molecule has 6 heteroatoms. The molecule has 1 amide bonds. The van der Waals surface area contributed by atoms with Crippen LogP contribution < -0.4 is 4.74 Å². The number of carbonyl (C=O) groups excluding carboxylic acids is 1. The summed E-state index contributed by atoms with van der Waals surface area (Å²) in [6, 6.07) is 21.6. The molecule has 30 heavy (non-hydrogen) atoms. The number of carbonyl (C=O) groups is 1. The number of benzene rings is 2. The molecule has 150 valence electrons. The molecule has 1 aromatic heterocycles. The number of aromatic nitrogens is 1. The lowest BCUT2D eigenvalue weighted by Gasteiger charge is -2.51. The Morgan fingerprint density at radius 2 is 1.97 bits per heavy atom. The lowest BCUT2D eigenvalue weighted by atomic mass is 9.73. The van der Waals surface area contributed by atoms with E-state index in [1.54, 1.807) is 25.3 Å². The Bertz CT molecular complexity index is 1090. The van der Waals surface area contributed by atoms with Gasteiger partial charge in [0.25, 0.3) is 5.91 Å². The van der Waals surface area contributed by atoms with Crippen LogP contribution in [-0.2, 0) is 0 Å². The Labute approximate surface area is 175 Å². The van der Waals surface area contributed by atoms with E-state index >= 15 is 0 Å². The van der Waals surface area contributed by atoms with Crippen LogP contribution in [0.4, 0.5) is 0 Å². The van der Waals surface area contributed by atoms with Crippen LogP contribution in [0.1, 0.15) is 22.0 Å². The molecular weight excluding hydrogens is 378 g/mol. The van der Waals surface area contributed by atoms with Gasteiger partial charge in [0.05, 0.1) is 25.8 Å². The highest BCUT2D eigenvalue weighted by molar-refractivity contribution is 5.94. The number of amides is 1. The first-order valence-electron chi connectivity index (χ1n) is 9.67. The van der Waals surface area contributed by atoms with Gasteiger partial charge in [-0.15, -0.1) is 0 Å². The summed E-state index contributed by atoms with van der Waals surface area (Å²) < 4.78 is 5.35. The lowest BCUT2D eigenvalue weighted by Crippen LogP contribution is -2.65. The molecule has 1 saturated heterocycles. The van der Waals surface area contributed by atoms with Crippen molar-refractivity contribution in [3.8, 4) is 22.9 Å². The molecule has 0 unspecified atom stereocenters. The first-order chi connectivity index (χ1) is 14.7. The van der Waals surface area contributed by atoms with Crippen molar-refractivity contribution < 1.29 is 14.6 Å². The fourth-order valence-corrected chi connectivity index (χ4v) is 4.12. The summed E-state index contributed by atoms with van der Waals surface area (Å²) in [6.45, 7) is -0.242. The van der Waals surface area contributed by atoms with E-state index in [-0.39, 0.29) is 24.1 Å². The van der Waals surface area contributed by atoms with Gasteiger partial charge in [0.1, 0.15) is 17.5 Å². The maximum absolute atomic E-state index is 13.0. The van der Waals surface area contributed by atoms with Crippen LogP contribution in [0.2, 0.25) is 0 Å². The van der Waals surface area contributed by atoms with Crippen LogP contribution in [0, 0.1) is 11.3 Å². The normalized spacial score (nSPS) is 20.2. The number of nitrogens with zero attached hydrogens (tertiary/aromatic N) is 3. The lowest BCUT2D eigenvalue weighted by molar-refractivity contribution is -0.00615. The van der Waals surface area contributed by atoms with Gasteiger partial charge in [-0.05, 0) is 41.0 Å². The topological polar surface area (TPSA) is 86.5 Å². The summed E-state index contributed by atoms with van der Waals surface area (Å²) in [5.41, 5.74) is 3.08. The van der Waals surface area contributed by atoms with Gasteiger partial charge in [0.15, 0.2) is 0 Å². The van der Waals surface area contributed by atoms with E-state index in [2.05, 4.69) is 11.1 Å². The summed E-state index contributed by atoms with van der Waals surface area (Å²) in [6.07, 6.45) is 1.54. The molecule has 6 nitrogen and oxygen atoms in total. The first kappa shape index (κ1) is 19.6. The van der Waals surface area contributed by atoms with Crippen LogP contribution in [0.25, 0.3) is 11.1 Å². The molecule has 1 aliphatic rings. The SMILES string of the molecule is COc1cccc(-c2ccccc2[C@H]2[C@@H](C#N)N(C(=O)c3ccccn3)[C@@H]2CO)c1. The van der Waals surface area contributed by atoms with E-state index < -0.39 is 12.1 Å². The number of hydrogen-bond acceptors (Lipinski definition) is 5. The van der Waals surface area contributed by atoms with E-state index in [0.717, 1.165) is 22.4 Å². The minimum Gasteiger partial charge on any atom is -0.497 e. The molecule has 3 atom stereocenters. The van der Waals surface area contributed by atoms with Gasteiger partial charge in [-0.25, -0.2) is 0 Å². The number of hydrogen-bond donors (Lipinski definition) is 1. The summed E-state index contributed by atoms with van der Waals surface area (Å²) in [5.74, 6) is 0.0739. The molecule has 1 N–H and O–H groups in total. The summed E-state index contributed by atoms with van der Waals surface area (Å²) in [4.78, 5) is 18.5. The maximum Gasteiger partial charge on any atom is 0.273 e. The highest BCUT2D eigenvalue weighted by atomic mass is 16.5. The van der Waals surface area contributed by atoms with Gasteiger partial charge in [0.2, 0.25) is 0 Å². The monoisotopic (exact) mass is 399 g/mol. The van der Waals surface area contributed by atoms with Crippen molar-refractivity contribution in [2.75, 3.05) is 13.7 Å². The molecule has 1 fully saturated rings. The number of rotatable bonds is 5. The molecular formula is C24H21N3O3. The standard InChI is InChI=1S/C24H21N3O3/c1-30-17-8-6-7-16(13-17)18-9-2-3-10-19(18)23-21(14-25)27(22(23)15-28)24(29)20-11-4-5-12-26-20/h2-13,21-23,28H,15H2,1H3/t21-,22-,23+/m1/s1. The van der Waals surface area contributed by atoms with Gasteiger partial charge in [-0.1, -0.05) is 42.5 Å². The summed E-state index contributed by atoms with van der Waals surface area (Å²) in [5, 5.41) is 20.0. The Morgan fingerprint density at radius 3 is 2.67 bits per heavy atom. The molecule has 2 aromatic carbocycles. The minimum absolute atomic E-state index is 0.242. The van der Waals surface area contributed by atoms with Crippen molar-refractivity contribution in [3.05, 3.63) is 84.2 Å². The zero-order valence-electron chi connectivity index (χ0n) is 16.5. The van der Waals surface area contributed by atoms with Gasteiger partial charge >= 0.3 is 0 Å². The van der Waals surface area contributed by atoms with Gasteiger partial charge in [-0.2, -0.15) is 5.26 Å². The zero-order valence-corrected chi connectivity index (χ0v) is 16.5. The number of methoxy groups -OCH3 is 1. The Balaban J connectivity index is 1.73. The second-order valence-electron chi connectivity index (χ2n) is 7.10. The summed E-state index contributed by atoms with van der Waals surface area (Å²) >= 11 is 0. The number of aliphatic hydroxyl groups is 1. The van der Waals surface area contributed by atoms with E-state index in [9.17, 15) is 15.2 Å². The molecule has 0 spiro atoms. The van der Waals surface area contributed by atoms with E-state index in [1.165, 1.54) is 11.1 Å². The number of nitriles is 1. The van der Waals surface area contributed by atoms with Crippen molar-refractivity contribution in [1.82, 2.24) is 9.88 Å². The maximum atomic E-state index is 13.0. The summed E-state index contributed by atoms with van der Waals surface area (Å²) in [7, 11) is 1.62.